The maximum Gasteiger partial charge on any atom is 0.287 e. The standard InChI is InChI=1S/C28H25FN4O4.CH4/c1-3-33-25(17(2)14-30-33)19-13-24(37-16-19)26(34)31-21(12-18-7-6-8-20(29)11-18)15-32-27(35)22-9-4-5-10-23(22)28(32)36;/h4-11,13-14,16,21H,3,12,15H2,1-2H3,(H,31,34);1H4/t21-;/m0./s1. The first-order valence-corrected chi connectivity index (χ1v) is 12.0. The number of halogens is 1. The number of benzene rings is 2. The van der Waals surface area contributed by atoms with Gasteiger partial charge in [0.1, 0.15) is 12.1 Å². The summed E-state index contributed by atoms with van der Waals surface area (Å²) in [5.41, 5.74) is 3.77. The van der Waals surface area contributed by atoms with Crippen molar-refractivity contribution in [1.82, 2.24) is 20.0 Å². The Balaban J connectivity index is 0.00000336. The van der Waals surface area contributed by atoms with Crippen molar-refractivity contribution in [2.45, 2.75) is 40.3 Å². The highest BCUT2D eigenvalue weighted by Gasteiger charge is 2.37. The Morgan fingerprint density at radius 2 is 1.79 bits per heavy atom. The molecule has 3 amide bonds. The number of furan rings is 1. The van der Waals surface area contributed by atoms with Crippen LogP contribution in [0.3, 0.4) is 0 Å². The van der Waals surface area contributed by atoms with Gasteiger partial charge in [0.05, 0.1) is 29.1 Å². The second kappa shape index (κ2) is 10.8. The summed E-state index contributed by atoms with van der Waals surface area (Å²) in [6, 6.07) is 13.5. The van der Waals surface area contributed by atoms with Crippen LogP contribution in [0.5, 0.6) is 0 Å². The molecule has 0 saturated carbocycles. The summed E-state index contributed by atoms with van der Waals surface area (Å²) in [6.45, 7) is 4.48. The molecule has 1 aliphatic rings. The molecule has 5 rings (SSSR count). The van der Waals surface area contributed by atoms with E-state index in [1.807, 2.05) is 18.5 Å². The lowest BCUT2D eigenvalue weighted by Crippen LogP contribution is -2.46. The molecule has 1 N–H and O–H groups in total. The Bertz CT molecular complexity index is 1470. The summed E-state index contributed by atoms with van der Waals surface area (Å²) < 4.78 is 21.3. The Morgan fingerprint density at radius 3 is 2.45 bits per heavy atom. The number of nitrogens with one attached hydrogen (secondary N) is 1. The van der Waals surface area contributed by atoms with Crippen molar-refractivity contribution < 1.29 is 23.2 Å². The third-order valence-corrected chi connectivity index (χ3v) is 6.41. The van der Waals surface area contributed by atoms with Crippen LogP contribution in [0.25, 0.3) is 11.3 Å². The van der Waals surface area contributed by atoms with E-state index in [4.69, 9.17) is 4.42 Å². The fraction of sp³-hybridized carbons (Fsp3) is 0.241. The summed E-state index contributed by atoms with van der Waals surface area (Å²) in [5, 5.41) is 7.20. The molecule has 38 heavy (non-hydrogen) atoms. The molecule has 8 nitrogen and oxygen atoms in total. The van der Waals surface area contributed by atoms with E-state index in [0.29, 0.717) is 28.8 Å². The molecule has 0 aliphatic carbocycles. The lowest BCUT2D eigenvalue weighted by molar-refractivity contribution is 0.0627. The van der Waals surface area contributed by atoms with E-state index >= 15 is 0 Å². The predicted octanol–water partition coefficient (Wildman–Crippen LogP) is 4.88. The van der Waals surface area contributed by atoms with Crippen molar-refractivity contribution in [3.05, 3.63) is 101 Å². The van der Waals surface area contributed by atoms with Gasteiger partial charge in [-0.25, -0.2) is 4.39 Å². The zero-order valence-electron chi connectivity index (χ0n) is 20.4. The lowest BCUT2D eigenvalue weighted by Gasteiger charge is -2.23. The maximum absolute atomic E-state index is 13.9. The normalized spacial score (nSPS) is 13.3. The molecule has 3 heterocycles. The monoisotopic (exact) mass is 516 g/mol. The molecular weight excluding hydrogens is 487 g/mol. The van der Waals surface area contributed by atoms with Gasteiger partial charge < -0.3 is 9.73 Å². The maximum atomic E-state index is 13.9. The van der Waals surface area contributed by atoms with E-state index in [2.05, 4.69) is 10.4 Å². The Morgan fingerprint density at radius 1 is 1.08 bits per heavy atom. The molecule has 0 radical (unpaired) electrons. The fourth-order valence-electron chi connectivity index (χ4n) is 4.67. The molecule has 0 saturated heterocycles. The molecule has 9 heteroatoms. The first-order valence-electron chi connectivity index (χ1n) is 12.0. The van der Waals surface area contributed by atoms with Gasteiger partial charge in [-0.05, 0) is 61.7 Å². The molecule has 0 unspecified atom stereocenters. The molecule has 4 aromatic rings. The van der Waals surface area contributed by atoms with Gasteiger partial charge in [0.15, 0.2) is 5.76 Å². The molecule has 1 atom stereocenters. The van der Waals surface area contributed by atoms with Gasteiger partial charge in [0.2, 0.25) is 0 Å². The molecule has 0 bridgehead atoms. The van der Waals surface area contributed by atoms with E-state index in [1.165, 1.54) is 18.4 Å². The van der Waals surface area contributed by atoms with Crippen LogP contribution in [0.1, 0.15) is 56.7 Å². The second-order valence-corrected chi connectivity index (χ2v) is 8.96. The third-order valence-electron chi connectivity index (χ3n) is 6.41. The van der Waals surface area contributed by atoms with Crippen LogP contribution in [0.4, 0.5) is 4.39 Å². The number of fused-ring (bicyclic) bond motifs is 1. The van der Waals surface area contributed by atoms with Crippen LogP contribution in [0.2, 0.25) is 0 Å². The molecule has 2 aromatic heterocycles. The first-order chi connectivity index (χ1) is 17.9. The van der Waals surface area contributed by atoms with Crippen LogP contribution in [-0.2, 0) is 13.0 Å². The van der Waals surface area contributed by atoms with Crippen molar-refractivity contribution in [2.75, 3.05) is 6.54 Å². The molecule has 196 valence electrons. The second-order valence-electron chi connectivity index (χ2n) is 8.96. The number of aryl methyl sites for hydroxylation is 2. The topological polar surface area (TPSA) is 97.4 Å². The van der Waals surface area contributed by atoms with E-state index < -0.39 is 29.6 Å². The van der Waals surface area contributed by atoms with Crippen LogP contribution in [0, 0.1) is 12.7 Å². The minimum Gasteiger partial charge on any atom is -0.458 e. The van der Waals surface area contributed by atoms with Crippen molar-refractivity contribution >= 4 is 17.7 Å². The molecule has 0 spiro atoms. The van der Waals surface area contributed by atoms with Crippen LogP contribution >= 0.6 is 0 Å². The quantitative estimate of drug-likeness (QED) is 0.337. The average molecular weight is 517 g/mol. The lowest BCUT2D eigenvalue weighted by atomic mass is 10.0. The van der Waals surface area contributed by atoms with Gasteiger partial charge in [0.25, 0.3) is 17.7 Å². The van der Waals surface area contributed by atoms with Crippen molar-refractivity contribution in [3.8, 4) is 11.3 Å². The van der Waals surface area contributed by atoms with Crippen LogP contribution in [-0.4, -0.2) is 45.0 Å². The third kappa shape index (κ3) is 5.00. The van der Waals surface area contributed by atoms with Gasteiger partial charge in [-0.2, -0.15) is 5.10 Å². The minimum atomic E-state index is -0.687. The number of rotatable bonds is 8. The highest BCUT2D eigenvalue weighted by atomic mass is 19.1. The number of hydrogen-bond acceptors (Lipinski definition) is 5. The van der Waals surface area contributed by atoms with Crippen molar-refractivity contribution in [3.63, 3.8) is 0 Å². The predicted molar refractivity (Wildman–Crippen MR) is 140 cm³/mol. The molecule has 2 aromatic carbocycles. The van der Waals surface area contributed by atoms with Gasteiger partial charge in [-0.3, -0.25) is 24.0 Å². The van der Waals surface area contributed by atoms with E-state index in [1.54, 1.807) is 48.7 Å². The zero-order valence-corrected chi connectivity index (χ0v) is 20.4. The number of aromatic nitrogens is 2. The number of nitrogens with zero attached hydrogens (tertiary/aromatic N) is 3. The molecular formula is C29H29FN4O4. The Hall–Kier alpha value is -4.53. The summed E-state index contributed by atoms with van der Waals surface area (Å²) in [5.74, 6) is -1.71. The first kappa shape index (κ1) is 26.5. The van der Waals surface area contributed by atoms with Gasteiger partial charge in [-0.15, -0.1) is 0 Å². The van der Waals surface area contributed by atoms with Crippen molar-refractivity contribution in [1.29, 1.82) is 0 Å². The Kier molecular flexibility index (Phi) is 7.57. The number of imide groups is 1. The smallest absolute Gasteiger partial charge is 0.287 e. The van der Waals surface area contributed by atoms with E-state index in [0.717, 1.165) is 16.2 Å². The van der Waals surface area contributed by atoms with Gasteiger partial charge in [0, 0.05) is 18.7 Å². The number of hydrogen-bond donors (Lipinski definition) is 1. The fourth-order valence-corrected chi connectivity index (χ4v) is 4.67. The van der Waals surface area contributed by atoms with Crippen molar-refractivity contribution in [2.24, 2.45) is 0 Å². The van der Waals surface area contributed by atoms with Gasteiger partial charge in [-0.1, -0.05) is 31.7 Å². The highest BCUT2D eigenvalue weighted by Crippen LogP contribution is 2.26. The number of amides is 3. The van der Waals surface area contributed by atoms with E-state index in [9.17, 15) is 18.8 Å². The number of carbonyl (C=O) groups is 3. The largest absolute Gasteiger partial charge is 0.458 e. The Labute approximate surface area is 220 Å². The SMILES string of the molecule is C.CCn1ncc(C)c1-c1coc(C(=O)N[C@@H](Cc2cccc(F)c2)CN2C(=O)c3ccccc3C2=O)c1. The summed E-state index contributed by atoms with van der Waals surface area (Å²) >= 11 is 0. The highest BCUT2D eigenvalue weighted by molar-refractivity contribution is 6.21. The zero-order chi connectivity index (χ0) is 26.1. The van der Waals surface area contributed by atoms with E-state index in [-0.39, 0.29) is 26.2 Å². The molecule has 1 aliphatic heterocycles. The van der Waals surface area contributed by atoms with Crippen LogP contribution < -0.4 is 5.32 Å². The molecule has 0 fully saturated rings. The number of carbonyl (C=O) groups excluding carboxylic acids is 3. The summed E-state index contributed by atoms with van der Waals surface area (Å²) in [4.78, 5) is 40.2. The van der Waals surface area contributed by atoms with Crippen LogP contribution in [0.15, 0.2) is 71.5 Å². The summed E-state index contributed by atoms with van der Waals surface area (Å²) in [7, 11) is 0. The summed E-state index contributed by atoms with van der Waals surface area (Å²) in [6.07, 6.45) is 3.45. The average Bonchev–Trinajstić information content (AvgIpc) is 3.57. The van der Waals surface area contributed by atoms with Gasteiger partial charge >= 0.3 is 0 Å². The minimum absolute atomic E-state index is 0.